The van der Waals surface area contributed by atoms with Crippen molar-refractivity contribution < 1.29 is 0 Å². The van der Waals surface area contributed by atoms with Crippen LogP contribution in [0.5, 0.6) is 0 Å². The minimum Gasteiger partial charge on any atom is -0.209 e. The van der Waals surface area contributed by atoms with E-state index >= 15 is 0 Å². The van der Waals surface area contributed by atoms with Gasteiger partial charge in [0.2, 0.25) is 0 Å². The lowest BCUT2D eigenvalue weighted by molar-refractivity contribution is 1.48. The highest BCUT2D eigenvalue weighted by molar-refractivity contribution is 8.03. The van der Waals surface area contributed by atoms with Crippen molar-refractivity contribution in [2.45, 2.75) is 0 Å². The third-order valence-corrected chi connectivity index (χ3v) is 11.0. The molecule has 0 aliphatic heterocycles. The van der Waals surface area contributed by atoms with E-state index in [1.54, 1.807) is 0 Å². The van der Waals surface area contributed by atoms with E-state index in [0.29, 0.717) is 11.1 Å². The SMILES string of the molecule is N#C[C-]=C(/C(C#N)=C(/c1ccccc1)[P+](c1ccccc1)(c1ccccc1)c1ccccc1)c1ccccc1. The molecule has 0 aromatic heterocycles. The Morgan fingerprint density at radius 2 is 0.846 bits per heavy atom. The summed E-state index contributed by atoms with van der Waals surface area (Å²) < 4.78 is 0. The fourth-order valence-electron chi connectivity index (χ4n) is 5.06. The molecule has 39 heavy (non-hydrogen) atoms. The van der Waals surface area contributed by atoms with Gasteiger partial charge in [-0.3, -0.25) is 0 Å². The summed E-state index contributed by atoms with van der Waals surface area (Å²) in [5.74, 6) is 0. The van der Waals surface area contributed by atoms with Gasteiger partial charge >= 0.3 is 0 Å². The van der Waals surface area contributed by atoms with E-state index in [1.165, 1.54) is 0 Å². The van der Waals surface area contributed by atoms with E-state index in [4.69, 9.17) is 0 Å². The van der Waals surface area contributed by atoms with Gasteiger partial charge < -0.3 is 0 Å². The highest BCUT2D eigenvalue weighted by Gasteiger charge is 2.50. The Bertz CT molecular complexity index is 1580. The Morgan fingerprint density at radius 3 is 1.21 bits per heavy atom. The largest absolute Gasteiger partial charge is 0.209 e. The summed E-state index contributed by atoms with van der Waals surface area (Å²) >= 11 is 0. The third-order valence-electron chi connectivity index (χ3n) is 6.66. The van der Waals surface area contributed by atoms with Crippen LogP contribution in [0.25, 0.3) is 10.9 Å². The maximum Gasteiger partial charge on any atom is 0.133 e. The van der Waals surface area contributed by atoms with Gasteiger partial charge in [-0.1, -0.05) is 109 Å². The Labute approximate surface area is 230 Å². The Hall–Kier alpha value is -5.01. The molecule has 0 atom stereocenters. The molecule has 0 spiro atoms. The average Bonchev–Trinajstić information content (AvgIpc) is 3.03. The van der Waals surface area contributed by atoms with Gasteiger partial charge in [-0.15, -0.1) is 17.7 Å². The first kappa shape index (κ1) is 25.6. The lowest BCUT2D eigenvalue weighted by Crippen LogP contribution is -2.32. The molecule has 0 saturated carbocycles. The van der Waals surface area contributed by atoms with Gasteiger partial charge in [0.25, 0.3) is 0 Å². The molecule has 0 amide bonds. The zero-order valence-electron chi connectivity index (χ0n) is 21.3. The summed E-state index contributed by atoms with van der Waals surface area (Å²) in [6, 6.07) is 55.7. The molecule has 184 valence electrons. The second-order valence-electron chi connectivity index (χ2n) is 8.86. The van der Waals surface area contributed by atoms with E-state index in [0.717, 1.165) is 32.4 Å². The van der Waals surface area contributed by atoms with Gasteiger partial charge in [0, 0.05) is 17.7 Å². The highest BCUT2D eigenvalue weighted by atomic mass is 31.2. The zero-order valence-corrected chi connectivity index (χ0v) is 22.2. The maximum atomic E-state index is 11.0. The van der Waals surface area contributed by atoms with Crippen LogP contribution in [-0.4, -0.2) is 0 Å². The number of hydrogen-bond acceptors (Lipinski definition) is 2. The number of nitrogens with zero attached hydrogens (tertiary/aromatic N) is 2. The van der Waals surface area contributed by atoms with Crippen LogP contribution >= 0.6 is 7.26 Å². The fraction of sp³-hybridized carbons (Fsp3) is 0. The molecule has 3 heteroatoms. The molecule has 2 nitrogen and oxygen atoms in total. The van der Waals surface area contributed by atoms with Crippen LogP contribution in [0.1, 0.15) is 11.1 Å². The van der Waals surface area contributed by atoms with Crippen molar-refractivity contribution in [3.8, 4) is 12.1 Å². The van der Waals surface area contributed by atoms with E-state index in [1.807, 2.05) is 66.7 Å². The predicted molar refractivity (Wildman–Crippen MR) is 163 cm³/mol. The molecule has 0 bridgehead atoms. The molecule has 5 rings (SSSR count). The molecule has 0 heterocycles. The number of hydrogen-bond donors (Lipinski definition) is 0. The zero-order chi connectivity index (χ0) is 26.9. The molecule has 5 aromatic rings. The normalized spacial score (nSPS) is 12.1. The first-order valence-corrected chi connectivity index (χ1v) is 14.4. The number of nitriles is 2. The molecule has 0 N–H and O–H groups in total. The molecular formula is C36H25N2P. The molecule has 0 saturated heterocycles. The van der Waals surface area contributed by atoms with Crippen LogP contribution in [0.4, 0.5) is 0 Å². The van der Waals surface area contributed by atoms with Gasteiger partial charge in [0.05, 0.1) is 5.31 Å². The Morgan fingerprint density at radius 1 is 0.487 bits per heavy atom. The summed E-state index contributed by atoms with van der Waals surface area (Å²) in [6.45, 7) is 0. The summed E-state index contributed by atoms with van der Waals surface area (Å²) in [7, 11) is -2.67. The topological polar surface area (TPSA) is 47.6 Å². The molecule has 0 aliphatic rings. The van der Waals surface area contributed by atoms with E-state index in [-0.39, 0.29) is 0 Å². The minimum absolute atomic E-state index is 0.443. The minimum atomic E-state index is -2.67. The van der Waals surface area contributed by atoms with Crippen molar-refractivity contribution in [1.29, 1.82) is 10.5 Å². The quantitative estimate of drug-likeness (QED) is 0.0984. The van der Waals surface area contributed by atoms with Crippen LogP contribution < -0.4 is 15.9 Å². The lowest BCUT2D eigenvalue weighted by Gasteiger charge is -2.33. The molecule has 0 fully saturated rings. The van der Waals surface area contributed by atoms with E-state index < -0.39 is 7.26 Å². The molecule has 0 unspecified atom stereocenters. The molecule has 5 aromatic carbocycles. The predicted octanol–water partition coefficient (Wildman–Crippen LogP) is 7.33. The van der Waals surface area contributed by atoms with Crippen molar-refractivity contribution in [3.63, 3.8) is 0 Å². The van der Waals surface area contributed by atoms with E-state index in [2.05, 4.69) is 103 Å². The lowest BCUT2D eigenvalue weighted by atomic mass is 9.96. The maximum absolute atomic E-state index is 11.0. The summed E-state index contributed by atoms with van der Waals surface area (Å²) in [6.07, 6.45) is 2.89. The van der Waals surface area contributed by atoms with Crippen molar-refractivity contribution in [1.82, 2.24) is 0 Å². The number of allylic oxidation sites excluding steroid dienone is 3. The van der Waals surface area contributed by atoms with Crippen molar-refractivity contribution in [2.24, 2.45) is 0 Å². The molecule has 0 aliphatic carbocycles. The average molecular weight is 517 g/mol. The second-order valence-corrected chi connectivity index (χ2v) is 12.2. The highest BCUT2D eigenvalue weighted by Crippen LogP contribution is 2.68. The second kappa shape index (κ2) is 12.0. The standard InChI is InChI=1S/C36H25N2P/c37-27-26-34(29-16-6-1-7-17-29)35(28-38)36(30-18-8-2-9-19-30)39(31-20-10-3-11-21-31,32-22-12-4-13-23-32)33-24-14-5-15-25-33/h1-25H/b36-35-. The van der Waals surface area contributed by atoms with Crippen LogP contribution in [0, 0.1) is 28.7 Å². The van der Waals surface area contributed by atoms with Crippen LogP contribution in [0.2, 0.25) is 0 Å². The van der Waals surface area contributed by atoms with Crippen LogP contribution in [0.15, 0.2) is 157 Å². The van der Waals surface area contributed by atoms with Gasteiger partial charge in [-0.25, -0.2) is 10.5 Å². The van der Waals surface area contributed by atoms with Gasteiger partial charge in [-0.05, 0) is 42.0 Å². The molecular weight excluding hydrogens is 491 g/mol. The fourth-order valence-corrected chi connectivity index (χ4v) is 9.62. The van der Waals surface area contributed by atoms with Crippen LogP contribution in [0.3, 0.4) is 0 Å². The summed E-state index contributed by atoms with van der Waals surface area (Å²) in [4.78, 5) is 0. The molecule has 0 radical (unpaired) electrons. The smallest absolute Gasteiger partial charge is 0.133 e. The summed E-state index contributed by atoms with van der Waals surface area (Å²) in [5.41, 5.74) is 2.65. The van der Waals surface area contributed by atoms with Gasteiger partial charge in [-0.2, -0.15) is 5.57 Å². The van der Waals surface area contributed by atoms with Crippen molar-refractivity contribution in [2.75, 3.05) is 0 Å². The van der Waals surface area contributed by atoms with E-state index in [9.17, 15) is 10.5 Å². The first-order chi connectivity index (χ1) is 19.3. The van der Waals surface area contributed by atoms with Crippen LogP contribution in [-0.2, 0) is 0 Å². The van der Waals surface area contributed by atoms with Gasteiger partial charge in [0.1, 0.15) is 23.2 Å². The Balaban J connectivity index is 2.05. The Kier molecular flexibility index (Phi) is 7.90. The third kappa shape index (κ3) is 4.95. The number of benzene rings is 5. The van der Waals surface area contributed by atoms with Crippen molar-refractivity contribution >= 4 is 34.1 Å². The summed E-state index contributed by atoms with van der Waals surface area (Å²) in [5, 5.41) is 25.1. The number of rotatable bonds is 7. The first-order valence-electron chi connectivity index (χ1n) is 12.6. The van der Waals surface area contributed by atoms with Gasteiger partial charge in [0.15, 0.2) is 0 Å². The van der Waals surface area contributed by atoms with Crippen molar-refractivity contribution in [3.05, 3.63) is 174 Å². The monoisotopic (exact) mass is 516 g/mol.